The van der Waals surface area contributed by atoms with Gasteiger partial charge in [0.05, 0.1) is 28.3 Å². The molecule has 1 aromatic heterocycles. The Bertz CT molecular complexity index is 968. The van der Waals surface area contributed by atoms with Crippen LogP contribution in [-0.4, -0.2) is 24.8 Å². The monoisotopic (exact) mass is 412 g/mol. The average Bonchev–Trinajstić information content (AvgIpc) is 3.07. The summed E-state index contributed by atoms with van der Waals surface area (Å²) in [5.41, 5.74) is 0.902. The zero-order valence-corrected chi connectivity index (χ0v) is 16.5. The summed E-state index contributed by atoms with van der Waals surface area (Å²) in [4.78, 5) is 12.0. The van der Waals surface area contributed by atoms with E-state index in [1.54, 1.807) is 6.26 Å². The number of urea groups is 1. The number of phenolic OH excluding ortho intramolecular Hbond substituents is 1. The number of anilines is 1. The number of rotatable bonds is 4. The van der Waals surface area contributed by atoms with E-state index >= 15 is 0 Å². The molecule has 2 amide bonds. The summed E-state index contributed by atoms with van der Waals surface area (Å²) < 4.78 is 30.3. The molecule has 0 aliphatic heterocycles. The normalized spacial score (nSPS) is 16.8. The highest BCUT2D eigenvalue weighted by Gasteiger charge is 2.29. The zero-order valence-electron chi connectivity index (χ0n) is 15.0. The molecule has 1 aromatic carbocycles. The first kappa shape index (κ1) is 19.6. The van der Waals surface area contributed by atoms with E-state index in [2.05, 4.69) is 10.6 Å². The molecule has 0 radical (unpaired) electrons. The number of hydrogen-bond acceptors (Lipinski definition) is 5. The van der Waals surface area contributed by atoms with E-state index < -0.39 is 26.9 Å². The third kappa shape index (κ3) is 3.77. The van der Waals surface area contributed by atoms with Crippen molar-refractivity contribution in [1.82, 2.24) is 5.32 Å². The molecule has 3 N–H and O–H groups in total. The summed E-state index contributed by atoms with van der Waals surface area (Å²) in [6.07, 6.45) is 4.07. The molecular formula is C18H21ClN2O5S. The average molecular weight is 413 g/mol. The van der Waals surface area contributed by atoms with Crippen molar-refractivity contribution in [2.24, 2.45) is 0 Å². The summed E-state index contributed by atoms with van der Waals surface area (Å²) in [6.45, 7) is 2.98. The minimum atomic E-state index is -3.82. The number of carbonyl (C=O) groups is 1. The number of carbonyl (C=O) groups excluding carboxylic acids is 1. The Labute approximate surface area is 162 Å². The largest absolute Gasteiger partial charge is 0.504 e. The highest BCUT2D eigenvalue weighted by atomic mass is 35.5. The molecule has 9 heteroatoms. The predicted molar refractivity (Wildman–Crippen MR) is 102 cm³/mol. The van der Waals surface area contributed by atoms with Gasteiger partial charge in [-0.3, -0.25) is 0 Å². The molecular weight excluding hydrogens is 392 g/mol. The Hall–Kier alpha value is -2.19. The lowest BCUT2D eigenvalue weighted by atomic mass is 9.93. The van der Waals surface area contributed by atoms with Crippen LogP contribution in [0.5, 0.6) is 5.75 Å². The van der Waals surface area contributed by atoms with E-state index in [-0.39, 0.29) is 21.6 Å². The molecule has 0 saturated carbocycles. The molecule has 27 heavy (non-hydrogen) atoms. The van der Waals surface area contributed by atoms with Crippen molar-refractivity contribution in [2.45, 2.75) is 49.3 Å². The highest BCUT2D eigenvalue weighted by Crippen LogP contribution is 2.39. The lowest BCUT2D eigenvalue weighted by Crippen LogP contribution is -2.34. The van der Waals surface area contributed by atoms with Crippen molar-refractivity contribution in [2.75, 3.05) is 5.32 Å². The maximum atomic E-state index is 12.5. The van der Waals surface area contributed by atoms with Gasteiger partial charge in [0.2, 0.25) is 0 Å². The minimum absolute atomic E-state index is 0.0284. The van der Waals surface area contributed by atoms with E-state index in [0.29, 0.717) is 0 Å². The molecule has 0 bridgehead atoms. The Morgan fingerprint density at radius 1 is 1.33 bits per heavy atom. The molecule has 0 fully saturated rings. The number of furan rings is 1. The summed E-state index contributed by atoms with van der Waals surface area (Å²) in [5, 5.41) is 14.9. The minimum Gasteiger partial charge on any atom is -0.504 e. The molecule has 7 nitrogen and oxygen atoms in total. The van der Waals surface area contributed by atoms with Crippen molar-refractivity contribution in [3.8, 4) is 5.75 Å². The van der Waals surface area contributed by atoms with Gasteiger partial charge in [-0.05, 0) is 44.9 Å². The third-order valence-electron chi connectivity index (χ3n) is 4.59. The smallest absolute Gasteiger partial charge is 0.319 e. The molecule has 1 aliphatic rings. The molecule has 3 rings (SSSR count). The van der Waals surface area contributed by atoms with Crippen LogP contribution < -0.4 is 10.6 Å². The van der Waals surface area contributed by atoms with Gasteiger partial charge in [0, 0.05) is 12.0 Å². The van der Waals surface area contributed by atoms with Crippen LogP contribution in [0, 0.1) is 0 Å². The first-order chi connectivity index (χ1) is 12.7. The molecule has 1 heterocycles. The van der Waals surface area contributed by atoms with Crippen LogP contribution in [0.4, 0.5) is 10.5 Å². The van der Waals surface area contributed by atoms with E-state index in [9.17, 15) is 18.3 Å². The summed E-state index contributed by atoms with van der Waals surface area (Å²) in [7, 11) is -3.82. The number of fused-ring (bicyclic) bond motifs is 1. The number of aryl methyl sites for hydroxylation is 1. The van der Waals surface area contributed by atoms with Crippen LogP contribution in [0.2, 0.25) is 5.02 Å². The number of sulfone groups is 1. The molecule has 0 spiro atoms. The first-order valence-electron chi connectivity index (χ1n) is 8.61. The number of halogens is 1. The van der Waals surface area contributed by atoms with Gasteiger partial charge >= 0.3 is 6.03 Å². The van der Waals surface area contributed by atoms with Crippen molar-refractivity contribution in [3.63, 3.8) is 0 Å². The van der Waals surface area contributed by atoms with Gasteiger partial charge < -0.3 is 20.2 Å². The Morgan fingerprint density at radius 3 is 2.78 bits per heavy atom. The van der Waals surface area contributed by atoms with Crippen LogP contribution in [0.15, 0.2) is 33.8 Å². The number of benzene rings is 1. The molecule has 2 aromatic rings. The Morgan fingerprint density at radius 2 is 2.07 bits per heavy atom. The van der Waals surface area contributed by atoms with E-state index in [4.69, 9.17) is 16.0 Å². The molecule has 1 atom stereocenters. The lowest BCUT2D eigenvalue weighted by molar-refractivity contribution is 0.246. The van der Waals surface area contributed by atoms with Crippen molar-refractivity contribution in [1.29, 1.82) is 0 Å². The van der Waals surface area contributed by atoms with E-state index in [1.807, 2.05) is 6.07 Å². The second kappa shape index (κ2) is 7.44. The van der Waals surface area contributed by atoms with Crippen LogP contribution in [0.1, 0.15) is 44.1 Å². The Kier molecular flexibility index (Phi) is 5.39. The zero-order chi connectivity index (χ0) is 19.8. The highest BCUT2D eigenvalue weighted by molar-refractivity contribution is 7.92. The fraction of sp³-hybridized carbons (Fsp3) is 0.389. The van der Waals surface area contributed by atoms with Crippen molar-refractivity contribution < 1.29 is 22.7 Å². The van der Waals surface area contributed by atoms with Gasteiger partial charge in [-0.2, -0.15) is 0 Å². The van der Waals surface area contributed by atoms with Gasteiger partial charge in [-0.1, -0.05) is 11.6 Å². The topological polar surface area (TPSA) is 109 Å². The standard InChI is InChI=1S/C18H21ClN2O5S/c1-10(2)27(24,25)17-12(19)6-7-14(16(17)22)21-18(23)20-13-4-3-5-15-11(13)8-9-26-15/h6-10,13,22H,3-5H2,1-2H3,(H2,20,21,23)/t13-/m1/s1. The third-order valence-corrected chi connectivity index (χ3v) is 7.24. The summed E-state index contributed by atoms with van der Waals surface area (Å²) in [6, 6.07) is 3.76. The van der Waals surface area contributed by atoms with Crippen molar-refractivity contribution in [3.05, 3.63) is 40.8 Å². The number of nitrogens with one attached hydrogen (secondary N) is 2. The summed E-state index contributed by atoms with van der Waals surface area (Å²) >= 11 is 5.99. The molecule has 146 valence electrons. The molecule has 0 saturated heterocycles. The SMILES string of the molecule is CC(C)S(=O)(=O)c1c(Cl)ccc(NC(=O)N[C@@H]2CCCc3occc32)c1O. The van der Waals surface area contributed by atoms with Crippen LogP contribution in [-0.2, 0) is 16.3 Å². The van der Waals surface area contributed by atoms with Gasteiger partial charge in [0.15, 0.2) is 15.6 Å². The Balaban J connectivity index is 1.82. The molecule has 0 unspecified atom stereocenters. The second-order valence-electron chi connectivity index (χ2n) is 6.71. The fourth-order valence-electron chi connectivity index (χ4n) is 3.11. The van der Waals surface area contributed by atoms with Gasteiger partial charge in [-0.25, -0.2) is 13.2 Å². The fourth-order valence-corrected chi connectivity index (χ4v) is 4.77. The van der Waals surface area contributed by atoms with Gasteiger partial charge in [0.1, 0.15) is 10.7 Å². The van der Waals surface area contributed by atoms with Crippen LogP contribution in [0.3, 0.4) is 0 Å². The predicted octanol–water partition coefficient (Wildman–Crippen LogP) is 4.02. The molecule has 1 aliphatic carbocycles. The maximum absolute atomic E-state index is 12.5. The van der Waals surface area contributed by atoms with E-state index in [0.717, 1.165) is 30.6 Å². The van der Waals surface area contributed by atoms with Crippen LogP contribution >= 0.6 is 11.6 Å². The van der Waals surface area contributed by atoms with Crippen molar-refractivity contribution >= 4 is 33.2 Å². The number of aromatic hydroxyl groups is 1. The second-order valence-corrected chi connectivity index (χ2v) is 9.56. The quantitative estimate of drug-likeness (QED) is 0.657. The van der Waals surface area contributed by atoms with Gasteiger partial charge in [0.25, 0.3) is 0 Å². The number of hydrogen-bond donors (Lipinski definition) is 3. The van der Waals surface area contributed by atoms with Gasteiger partial charge in [-0.15, -0.1) is 0 Å². The van der Waals surface area contributed by atoms with E-state index in [1.165, 1.54) is 26.0 Å². The number of amides is 2. The first-order valence-corrected chi connectivity index (χ1v) is 10.5. The lowest BCUT2D eigenvalue weighted by Gasteiger charge is -2.23. The number of phenols is 1. The maximum Gasteiger partial charge on any atom is 0.319 e. The van der Waals surface area contributed by atoms with Crippen LogP contribution in [0.25, 0.3) is 0 Å². The summed E-state index contributed by atoms with van der Waals surface area (Å²) in [5.74, 6) is 0.283.